The Kier molecular flexibility index (Phi) is 51.0. The summed E-state index contributed by atoms with van der Waals surface area (Å²) in [5, 5.41) is 23.2. The van der Waals surface area contributed by atoms with Crippen molar-refractivity contribution in [3.8, 4) is 0 Å². The molecule has 0 saturated carbocycles. The van der Waals surface area contributed by atoms with E-state index in [-0.39, 0.29) is 18.5 Å². The summed E-state index contributed by atoms with van der Waals surface area (Å²) < 4.78 is 5.48. The number of esters is 1. The van der Waals surface area contributed by atoms with Crippen LogP contribution in [0.25, 0.3) is 0 Å². The molecule has 6 heteroatoms. The maximum absolute atomic E-state index is 12.4. The lowest BCUT2D eigenvalue weighted by molar-refractivity contribution is -0.143. The number of rotatable bonds is 52. The number of aliphatic hydroxyl groups is 2. The standard InChI is InChI=1S/C56H109NO5/c1-3-5-7-9-11-13-15-17-18-23-26-30-34-38-42-46-50-56(61)62-51-47-43-39-35-31-27-24-21-19-20-22-25-29-33-37-41-45-49-55(60)57-53(52-58)54(59)48-44-40-36-32-28-16-14-12-10-8-6-4-2/h18,23,53-54,58-59H,3-17,19-22,24-52H2,1-2H3,(H,57,60)/b23-18-. The number of unbranched alkanes of at least 4 members (excludes halogenated alkanes) is 39. The second-order valence-electron chi connectivity index (χ2n) is 19.3. The summed E-state index contributed by atoms with van der Waals surface area (Å²) in [6.07, 6.45) is 60.5. The first-order chi connectivity index (χ1) is 30.5. The molecule has 0 aliphatic rings. The fraction of sp³-hybridized carbons (Fsp3) is 0.929. The van der Waals surface area contributed by atoms with Crippen LogP contribution >= 0.6 is 0 Å². The fourth-order valence-electron chi connectivity index (χ4n) is 8.75. The molecule has 0 aromatic heterocycles. The summed E-state index contributed by atoms with van der Waals surface area (Å²) in [7, 11) is 0. The van der Waals surface area contributed by atoms with Gasteiger partial charge in [-0.25, -0.2) is 0 Å². The van der Waals surface area contributed by atoms with Gasteiger partial charge in [-0.05, 0) is 51.4 Å². The number of hydrogen-bond acceptors (Lipinski definition) is 5. The van der Waals surface area contributed by atoms with E-state index in [0.29, 0.717) is 25.9 Å². The minimum atomic E-state index is -0.666. The lowest BCUT2D eigenvalue weighted by Gasteiger charge is -2.22. The molecule has 368 valence electrons. The predicted octanol–water partition coefficient (Wildman–Crippen LogP) is 16.9. The molecular weight excluding hydrogens is 767 g/mol. The van der Waals surface area contributed by atoms with E-state index >= 15 is 0 Å². The van der Waals surface area contributed by atoms with Crippen LogP contribution in [-0.4, -0.2) is 47.4 Å². The van der Waals surface area contributed by atoms with Crippen molar-refractivity contribution < 1.29 is 24.5 Å². The van der Waals surface area contributed by atoms with E-state index in [0.717, 1.165) is 44.9 Å². The molecule has 0 bridgehead atoms. The average molecular weight is 876 g/mol. The third-order valence-electron chi connectivity index (χ3n) is 13.1. The predicted molar refractivity (Wildman–Crippen MR) is 269 cm³/mol. The Hall–Kier alpha value is -1.40. The van der Waals surface area contributed by atoms with Gasteiger partial charge >= 0.3 is 5.97 Å². The van der Waals surface area contributed by atoms with Crippen molar-refractivity contribution in [3.05, 3.63) is 12.2 Å². The van der Waals surface area contributed by atoms with Crippen LogP contribution in [0.1, 0.15) is 309 Å². The number of carbonyl (C=O) groups excluding carboxylic acids is 2. The van der Waals surface area contributed by atoms with Crippen LogP contribution in [-0.2, 0) is 14.3 Å². The lowest BCUT2D eigenvalue weighted by atomic mass is 10.0. The number of aliphatic hydroxyl groups excluding tert-OH is 2. The van der Waals surface area contributed by atoms with E-state index in [1.807, 2.05) is 0 Å². The first kappa shape index (κ1) is 60.6. The molecule has 0 heterocycles. The van der Waals surface area contributed by atoms with Gasteiger partial charge in [-0.1, -0.05) is 257 Å². The summed E-state index contributed by atoms with van der Waals surface area (Å²) in [4.78, 5) is 24.5. The van der Waals surface area contributed by atoms with Gasteiger partial charge in [-0.15, -0.1) is 0 Å². The normalized spacial score (nSPS) is 12.6. The van der Waals surface area contributed by atoms with Crippen molar-refractivity contribution in [2.24, 2.45) is 0 Å². The monoisotopic (exact) mass is 876 g/mol. The molecule has 0 aliphatic heterocycles. The van der Waals surface area contributed by atoms with Gasteiger partial charge < -0.3 is 20.3 Å². The average Bonchev–Trinajstić information content (AvgIpc) is 3.27. The second kappa shape index (κ2) is 52.2. The van der Waals surface area contributed by atoms with Crippen LogP contribution in [0.2, 0.25) is 0 Å². The largest absolute Gasteiger partial charge is 0.466 e. The SMILES string of the molecule is CCCCCCCCC/C=C\CCCCCCCC(=O)OCCCCCCCCCCCCCCCCCCCC(=O)NC(CO)C(O)CCCCCCCCCCCCCC. The smallest absolute Gasteiger partial charge is 0.305 e. The molecule has 0 aromatic rings. The van der Waals surface area contributed by atoms with Crippen LogP contribution in [0.5, 0.6) is 0 Å². The Labute approximate surface area is 387 Å². The molecule has 1 amide bonds. The van der Waals surface area contributed by atoms with Crippen molar-refractivity contribution >= 4 is 11.9 Å². The summed E-state index contributed by atoms with van der Waals surface area (Å²) in [6.45, 7) is 4.94. The molecule has 3 N–H and O–H groups in total. The van der Waals surface area contributed by atoms with E-state index in [1.54, 1.807) is 0 Å². The zero-order valence-electron chi connectivity index (χ0n) is 41.9. The number of allylic oxidation sites excluding steroid dienone is 2. The second-order valence-corrected chi connectivity index (χ2v) is 19.3. The molecule has 2 unspecified atom stereocenters. The van der Waals surface area contributed by atoms with Gasteiger partial charge in [0.1, 0.15) is 0 Å². The Morgan fingerprint density at radius 3 is 1.15 bits per heavy atom. The molecule has 6 nitrogen and oxygen atoms in total. The Bertz CT molecular complexity index is 924. The van der Waals surface area contributed by atoms with Gasteiger partial charge in [-0.3, -0.25) is 9.59 Å². The molecule has 0 rings (SSSR count). The quantitative estimate of drug-likeness (QED) is 0.0321. The molecule has 0 radical (unpaired) electrons. The fourth-order valence-corrected chi connectivity index (χ4v) is 8.75. The van der Waals surface area contributed by atoms with Crippen molar-refractivity contribution in [2.45, 2.75) is 321 Å². The maximum Gasteiger partial charge on any atom is 0.305 e. The van der Waals surface area contributed by atoms with Crippen molar-refractivity contribution in [1.29, 1.82) is 0 Å². The van der Waals surface area contributed by atoms with Gasteiger partial charge in [0, 0.05) is 12.8 Å². The number of amides is 1. The third-order valence-corrected chi connectivity index (χ3v) is 13.1. The zero-order chi connectivity index (χ0) is 45.1. The molecule has 62 heavy (non-hydrogen) atoms. The Balaban J connectivity index is 3.39. The molecule has 0 spiro atoms. The number of nitrogens with one attached hydrogen (secondary N) is 1. The van der Waals surface area contributed by atoms with Gasteiger partial charge in [0.05, 0.1) is 25.4 Å². The summed E-state index contributed by atoms with van der Waals surface area (Å²) in [6, 6.07) is -0.544. The first-order valence-corrected chi connectivity index (χ1v) is 27.9. The van der Waals surface area contributed by atoms with Gasteiger partial charge in [0.2, 0.25) is 5.91 Å². The third kappa shape index (κ3) is 48.1. The highest BCUT2D eigenvalue weighted by molar-refractivity contribution is 5.76. The highest BCUT2D eigenvalue weighted by Crippen LogP contribution is 2.17. The van der Waals surface area contributed by atoms with Crippen molar-refractivity contribution in [3.63, 3.8) is 0 Å². The molecular formula is C56H109NO5. The van der Waals surface area contributed by atoms with E-state index in [9.17, 15) is 19.8 Å². The summed E-state index contributed by atoms with van der Waals surface area (Å²) >= 11 is 0. The topological polar surface area (TPSA) is 95.9 Å². The van der Waals surface area contributed by atoms with Crippen LogP contribution in [0.4, 0.5) is 0 Å². The molecule has 0 aliphatic carbocycles. The van der Waals surface area contributed by atoms with Crippen molar-refractivity contribution in [1.82, 2.24) is 5.32 Å². The summed E-state index contributed by atoms with van der Waals surface area (Å²) in [5.74, 6) is -0.0417. The van der Waals surface area contributed by atoms with E-state index in [2.05, 4.69) is 31.3 Å². The molecule has 0 saturated heterocycles. The number of carbonyl (C=O) groups is 2. The minimum absolute atomic E-state index is 0.00165. The van der Waals surface area contributed by atoms with Crippen LogP contribution < -0.4 is 5.32 Å². The molecule has 0 fully saturated rings. The number of hydrogen-bond donors (Lipinski definition) is 3. The summed E-state index contributed by atoms with van der Waals surface area (Å²) in [5.41, 5.74) is 0. The van der Waals surface area contributed by atoms with E-state index < -0.39 is 12.1 Å². The minimum Gasteiger partial charge on any atom is -0.466 e. The molecule has 2 atom stereocenters. The lowest BCUT2D eigenvalue weighted by Crippen LogP contribution is -2.45. The van der Waals surface area contributed by atoms with Gasteiger partial charge in [-0.2, -0.15) is 0 Å². The highest BCUT2D eigenvalue weighted by atomic mass is 16.5. The highest BCUT2D eigenvalue weighted by Gasteiger charge is 2.20. The molecule has 0 aromatic carbocycles. The van der Waals surface area contributed by atoms with E-state index in [4.69, 9.17) is 4.74 Å². The Morgan fingerprint density at radius 2 is 0.758 bits per heavy atom. The zero-order valence-corrected chi connectivity index (χ0v) is 41.9. The van der Waals surface area contributed by atoms with E-state index in [1.165, 1.54) is 231 Å². The van der Waals surface area contributed by atoms with Gasteiger partial charge in [0.15, 0.2) is 0 Å². The van der Waals surface area contributed by atoms with Crippen LogP contribution in [0.15, 0.2) is 12.2 Å². The first-order valence-electron chi connectivity index (χ1n) is 27.9. The maximum atomic E-state index is 12.4. The van der Waals surface area contributed by atoms with Gasteiger partial charge in [0.25, 0.3) is 0 Å². The Morgan fingerprint density at radius 1 is 0.435 bits per heavy atom. The number of ether oxygens (including phenoxy) is 1. The van der Waals surface area contributed by atoms with Crippen LogP contribution in [0, 0.1) is 0 Å². The van der Waals surface area contributed by atoms with Crippen LogP contribution in [0.3, 0.4) is 0 Å². The van der Waals surface area contributed by atoms with Crippen molar-refractivity contribution in [2.75, 3.05) is 13.2 Å².